The van der Waals surface area contributed by atoms with Crippen molar-refractivity contribution in [2.75, 3.05) is 5.32 Å². The molecule has 1 aromatic carbocycles. The van der Waals surface area contributed by atoms with Gasteiger partial charge in [-0.15, -0.1) is 0 Å². The minimum Gasteiger partial charge on any atom is -0.367 e. The number of hydrogen-bond acceptors (Lipinski definition) is 3. The summed E-state index contributed by atoms with van der Waals surface area (Å²) in [6, 6.07) is 5.12. The van der Waals surface area contributed by atoms with Crippen molar-refractivity contribution in [1.82, 2.24) is 5.32 Å². The first-order valence-corrected chi connectivity index (χ1v) is 6.52. The fourth-order valence-electron chi connectivity index (χ4n) is 2.40. The Morgan fingerprint density at radius 3 is 2.90 bits per heavy atom. The van der Waals surface area contributed by atoms with Crippen LogP contribution in [0.1, 0.15) is 12.5 Å². The van der Waals surface area contributed by atoms with Crippen molar-refractivity contribution in [3.8, 4) is 0 Å². The van der Waals surface area contributed by atoms with Gasteiger partial charge in [0.1, 0.15) is 5.66 Å². The Morgan fingerprint density at radius 2 is 2.14 bits per heavy atom. The van der Waals surface area contributed by atoms with Crippen LogP contribution in [0.3, 0.4) is 0 Å². The predicted molar refractivity (Wildman–Crippen MR) is 75.8 cm³/mol. The van der Waals surface area contributed by atoms with Gasteiger partial charge in [0.2, 0.25) is 0 Å². The van der Waals surface area contributed by atoms with E-state index in [-0.39, 0.29) is 11.6 Å². The fourth-order valence-corrected chi connectivity index (χ4v) is 2.40. The zero-order valence-electron chi connectivity index (χ0n) is 11.3. The van der Waals surface area contributed by atoms with Crippen LogP contribution >= 0.6 is 0 Å². The van der Waals surface area contributed by atoms with Gasteiger partial charge in [0.05, 0.1) is 11.3 Å². The minimum atomic E-state index is -4.34. The van der Waals surface area contributed by atoms with Gasteiger partial charge < -0.3 is 10.6 Å². The Bertz CT molecular complexity index is 646. The summed E-state index contributed by atoms with van der Waals surface area (Å²) in [5, 5.41) is 6.12. The average Bonchev–Trinajstić information content (AvgIpc) is 2.79. The molecule has 0 amide bonds. The molecule has 2 heterocycles. The van der Waals surface area contributed by atoms with Gasteiger partial charge in [0.15, 0.2) is 0 Å². The molecule has 0 bridgehead atoms. The molecular formula is C15H14F3N3. The molecule has 2 atom stereocenters. The van der Waals surface area contributed by atoms with Crippen LogP contribution in [-0.4, -0.2) is 11.9 Å². The summed E-state index contributed by atoms with van der Waals surface area (Å²) in [4.78, 5) is 4.42. The number of halogens is 3. The normalized spacial score (nSPS) is 27.0. The monoisotopic (exact) mass is 293 g/mol. The number of hydrogen-bond donors (Lipinski definition) is 2. The quantitative estimate of drug-likeness (QED) is 0.875. The molecule has 0 radical (unpaired) electrons. The van der Waals surface area contributed by atoms with Crippen LogP contribution in [0.15, 0.2) is 53.3 Å². The van der Waals surface area contributed by atoms with Crippen LogP contribution in [0.2, 0.25) is 0 Å². The van der Waals surface area contributed by atoms with E-state index in [1.54, 1.807) is 12.3 Å². The van der Waals surface area contributed by atoms with Crippen LogP contribution in [0.4, 0.5) is 18.9 Å². The van der Waals surface area contributed by atoms with Gasteiger partial charge in [-0.25, -0.2) is 0 Å². The lowest BCUT2D eigenvalue weighted by atomic mass is 9.94. The number of anilines is 1. The lowest BCUT2D eigenvalue weighted by molar-refractivity contribution is -0.137. The molecule has 2 N–H and O–H groups in total. The van der Waals surface area contributed by atoms with Crippen molar-refractivity contribution >= 4 is 11.9 Å². The van der Waals surface area contributed by atoms with E-state index in [1.165, 1.54) is 6.07 Å². The first-order valence-electron chi connectivity index (χ1n) is 6.52. The SMILES string of the molecule is CC12N=CC(Nc3cccc(C(F)(F)F)c3)=CC1C=CN2. The molecule has 3 nitrogen and oxygen atoms in total. The smallest absolute Gasteiger partial charge is 0.367 e. The van der Waals surface area contributed by atoms with E-state index in [9.17, 15) is 13.2 Å². The van der Waals surface area contributed by atoms with Crippen molar-refractivity contribution in [2.24, 2.45) is 10.9 Å². The highest BCUT2D eigenvalue weighted by Gasteiger charge is 2.35. The van der Waals surface area contributed by atoms with Gasteiger partial charge in [-0.1, -0.05) is 12.1 Å². The van der Waals surface area contributed by atoms with Gasteiger partial charge in [0.25, 0.3) is 0 Å². The first-order chi connectivity index (χ1) is 9.87. The van der Waals surface area contributed by atoms with Gasteiger partial charge in [-0.3, -0.25) is 4.99 Å². The summed E-state index contributed by atoms with van der Waals surface area (Å²) in [7, 11) is 0. The highest BCUT2D eigenvalue weighted by atomic mass is 19.4. The second-order valence-electron chi connectivity index (χ2n) is 5.26. The second-order valence-corrected chi connectivity index (χ2v) is 5.26. The third kappa shape index (κ3) is 2.66. The summed E-state index contributed by atoms with van der Waals surface area (Å²) in [6.07, 6.45) is 3.06. The van der Waals surface area contributed by atoms with Gasteiger partial charge >= 0.3 is 6.18 Å². The van der Waals surface area contributed by atoms with Crippen LogP contribution in [0.25, 0.3) is 0 Å². The van der Waals surface area contributed by atoms with Crippen LogP contribution < -0.4 is 10.6 Å². The van der Waals surface area contributed by atoms with E-state index in [2.05, 4.69) is 15.6 Å². The molecule has 0 saturated carbocycles. The van der Waals surface area contributed by atoms with Crippen LogP contribution in [-0.2, 0) is 6.18 Å². The van der Waals surface area contributed by atoms with Crippen molar-refractivity contribution < 1.29 is 13.2 Å². The van der Waals surface area contributed by atoms with E-state index >= 15 is 0 Å². The molecular weight excluding hydrogens is 279 g/mol. The zero-order valence-corrected chi connectivity index (χ0v) is 11.3. The molecule has 21 heavy (non-hydrogen) atoms. The number of dihydropyridines is 1. The van der Waals surface area contributed by atoms with Gasteiger partial charge in [-0.05, 0) is 37.4 Å². The van der Waals surface area contributed by atoms with Crippen molar-refractivity contribution in [3.63, 3.8) is 0 Å². The molecule has 1 aromatic rings. The number of rotatable bonds is 2. The summed E-state index contributed by atoms with van der Waals surface area (Å²) in [6.45, 7) is 1.96. The maximum absolute atomic E-state index is 12.7. The van der Waals surface area contributed by atoms with E-state index in [0.29, 0.717) is 11.4 Å². The molecule has 0 fully saturated rings. The summed E-state index contributed by atoms with van der Waals surface area (Å²) < 4.78 is 38.1. The maximum atomic E-state index is 12.7. The Morgan fingerprint density at radius 1 is 1.33 bits per heavy atom. The fraction of sp³-hybridized carbons (Fsp3) is 0.267. The average molecular weight is 293 g/mol. The van der Waals surface area contributed by atoms with Gasteiger partial charge in [0, 0.05) is 17.8 Å². The third-order valence-corrected chi connectivity index (χ3v) is 3.64. The minimum absolute atomic E-state index is 0.0794. The first kappa shape index (κ1) is 13.7. The summed E-state index contributed by atoms with van der Waals surface area (Å²) >= 11 is 0. The number of allylic oxidation sites excluding steroid dienone is 1. The highest BCUT2D eigenvalue weighted by Crippen LogP contribution is 2.32. The van der Waals surface area contributed by atoms with Crippen molar-refractivity contribution in [3.05, 3.63) is 53.9 Å². The Kier molecular flexibility index (Phi) is 3.04. The van der Waals surface area contributed by atoms with Gasteiger partial charge in [-0.2, -0.15) is 13.2 Å². The topological polar surface area (TPSA) is 36.4 Å². The molecule has 3 rings (SSSR count). The highest BCUT2D eigenvalue weighted by molar-refractivity contribution is 5.85. The lowest BCUT2D eigenvalue weighted by Crippen LogP contribution is -2.41. The zero-order chi connectivity index (χ0) is 15.1. The van der Waals surface area contributed by atoms with E-state index in [1.807, 2.05) is 25.3 Å². The van der Waals surface area contributed by atoms with Crippen molar-refractivity contribution in [1.29, 1.82) is 0 Å². The van der Waals surface area contributed by atoms with E-state index in [4.69, 9.17) is 0 Å². The van der Waals surface area contributed by atoms with Crippen LogP contribution in [0, 0.1) is 5.92 Å². The molecule has 110 valence electrons. The lowest BCUT2D eigenvalue weighted by Gasteiger charge is -2.29. The number of alkyl halides is 3. The predicted octanol–water partition coefficient (Wildman–Crippen LogP) is 3.53. The Balaban J connectivity index is 1.81. The number of aliphatic imine (C=N–C) groups is 1. The standard InChI is InChI=1S/C15H14F3N3/c1-14-10(5-6-19-14)7-13(9-20-14)21-12-4-2-3-11(8-12)15(16,17)18/h2-10,19,21H,1H3. The largest absolute Gasteiger partial charge is 0.416 e. The molecule has 0 spiro atoms. The molecule has 0 aromatic heterocycles. The molecule has 0 aliphatic carbocycles. The number of benzene rings is 1. The number of nitrogens with zero attached hydrogens (tertiary/aromatic N) is 1. The van der Waals surface area contributed by atoms with E-state index in [0.717, 1.165) is 12.1 Å². The molecule has 2 unspecified atom stereocenters. The van der Waals surface area contributed by atoms with Crippen LogP contribution in [0.5, 0.6) is 0 Å². The van der Waals surface area contributed by atoms with E-state index < -0.39 is 11.7 Å². The molecule has 2 aliphatic rings. The molecule has 6 heteroatoms. The molecule has 2 aliphatic heterocycles. The Labute approximate surface area is 120 Å². The second kappa shape index (κ2) is 4.65. The Hall–Kier alpha value is -2.24. The number of fused-ring (bicyclic) bond motifs is 1. The maximum Gasteiger partial charge on any atom is 0.416 e. The summed E-state index contributed by atoms with van der Waals surface area (Å²) in [5.74, 6) is 0.0794. The third-order valence-electron chi connectivity index (χ3n) is 3.64. The summed E-state index contributed by atoms with van der Waals surface area (Å²) in [5.41, 5.74) is 0.0123. The number of nitrogens with one attached hydrogen (secondary N) is 2. The van der Waals surface area contributed by atoms with Crippen molar-refractivity contribution in [2.45, 2.75) is 18.8 Å². The molecule has 0 saturated heterocycles.